The van der Waals surface area contributed by atoms with E-state index >= 15 is 0 Å². The van der Waals surface area contributed by atoms with Crippen LogP contribution in [0.4, 0.5) is 0 Å². The van der Waals surface area contributed by atoms with Gasteiger partial charge in [0.15, 0.2) is 0 Å². The first kappa shape index (κ1) is 5.78. The largest absolute Gasteiger partial charge is 0.369 e. The standard InChI is InChI=1S/C10H10O/c1-6-3-7-4-8(6)9-5-10(7,9)11-2/h3-4H,5H2,1-2H3. The summed E-state index contributed by atoms with van der Waals surface area (Å²) in [5, 5.41) is 0. The van der Waals surface area contributed by atoms with Crippen LogP contribution in [0.2, 0.25) is 0 Å². The van der Waals surface area contributed by atoms with Gasteiger partial charge in [0.05, 0.1) is 0 Å². The van der Waals surface area contributed by atoms with E-state index < -0.39 is 0 Å². The first-order valence-corrected chi connectivity index (χ1v) is 3.97. The second kappa shape index (κ2) is 1.37. The van der Waals surface area contributed by atoms with E-state index in [1.54, 1.807) is 7.11 Å². The zero-order valence-corrected chi connectivity index (χ0v) is 6.77. The molecular formula is C10H10O. The molecule has 1 heteroatoms. The number of hydrogen-bond acceptors (Lipinski definition) is 1. The van der Waals surface area contributed by atoms with Gasteiger partial charge in [-0.15, -0.1) is 0 Å². The molecule has 0 aromatic carbocycles. The predicted molar refractivity (Wildman–Crippen MR) is 43.2 cm³/mol. The van der Waals surface area contributed by atoms with Gasteiger partial charge < -0.3 is 4.74 Å². The van der Waals surface area contributed by atoms with E-state index in [2.05, 4.69) is 19.1 Å². The van der Waals surface area contributed by atoms with Crippen LogP contribution in [0.1, 0.15) is 13.3 Å². The first-order valence-electron chi connectivity index (χ1n) is 3.97. The molecule has 0 spiro atoms. The van der Waals surface area contributed by atoms with Crippen molar-refractivity contribution >= 4 is 0 Å². The number of allylic oxidation sites excluding steroid dienone is 3. The van der Waals surface area contributed by atoms with E-state index in [0.29, 0.717) is 0 Å². The lowest BCUT2D eigenvalue weighted by Gasteiger charge is -2.12. The Morgan fingerprint density at radius 3 is 2.82 bits per heavy atom. The summed E-state index contributed by atoms with van der Waals surface area (Å²) < 4.78 is 5.48. The number of ether oxygens (including phenoxy) is 1. The van der Waals surface area contributed by atoms with Crippen LogP contribution < -0.4 is 0 Å². The van der Waals surface area contributed by atoms with Crippen LogP contribution in [-0.4, -0.2) is 12.7 Å². The molecule has 1 nitrogen and oxygen atoms in total. The summed E-state index contributed by atoms with van der Waals surface area (Å²) in [5.74, 6) is 0. The van der Waals surface area contributed by atoms with Gasteiger partial charge in [-0.2, -0.15) is 0 Å². The van der Waals surface area contributed by atoms with Crippen LogP contribution in [0, 0.1) is 0 Å². The van der Waals surface area contributed by atoms with Crippen molar-refractivity contribution in [3.05, 3.63) is 34.4 Å². The first-order chi connectivity index (χ1) is 5.28. The molecule has 1 fully saturated rings. The SMILES string of the molecule is COC12CC1=C1C=C2C=C1C. The van der Waals surface area contributed by atoms with E-state index in [1.165, 1.54) is 22.3 Å². The van der Waals surface area contributed by atoms with Gasteiger partial charge in [-0.05, 0) is 35.3 Å². The Hall–Kier alpha value is -0.820. The molecule has 11 heavy (non-hydrogen) atoms. The maximum atomic E-state index is 5.48. The third-order valence-corrected chi connectivity index (χ3v) is 3.02. The number of rotatable bonds is 1. The maximum Gasteiger partial charge on any atom is 0.119 e. The van der Waals surface area contributed by atoms with Gasteiger partial charge in [-0.25, -0.2) is 0 Å². The molecule has 3 aliphatic rings. The Labute approximate surface area is 66.1 Å². The molecule has 56 valence electrons. The average Bonchev–Trinajstić information content (AvgIpc) is 2.56. The lowest BCUT2D eigenvalue weighted by Crippen LogP contribution is -2.12. The lowest BCUT2D eigenvalue weighted by molar-refractivity contribution is 0.126. The second-order valence-corrected chi connectivity index (χ2v) is 3.53. The molecule has 3 rings (SSSR count). The zero-order chi connectivity index (χ0) is 7.64. The molecule has 3 aliphatic carbocycles. The number of methoxy groups -OCH3 is 1. The molecule has 1 atom stereocenters. The summed E-state index contributed by atoms with van der Waals surface area (Å²) in [6.45, 7) is 2.17. The average molecular weight is 146 g/mol. The van der Waals surface area contributed by atoms with Crippen LogP contribution in [0.3, 0.4) is 0 Å². The summed E-state index contributed by atoms with van der Waals surface area (Å²) in [7, 11) is 1.80. The van der Waals surface area contributed by atoms with Gasteiger partial charge in [-0.1, -0.05) is 6.08 Å². The highest BCUT2D eigenvalue weighted by Crippen LogP contribution is 2.62. The minimum atomic E-state index is 0.0643. The van der Waals surface area contributed by atoms with Crippen LogP contribution in [0.25, 0.3) is 0 Å². The third kappa shape index (κ3) is 0.430. The summed E-state index contributed by atoms with van der Waals surface area (Å²) in [5.41, 5.74) is 5.81. The Morgan fingerprint density at radius 1 is 1.45 bits per heavy atom. The smallest absolute Gasteiger partial charge is 0.119 e. The Bertz CT molecular complexity index is 340. The molecule has 2 bridgehead atoms. The van der Waals surface area contributed by atoms with Gasteiger partial charge in [-0.3, -0.25) is 0 Å². The Morgan fingerprint density at radius 2 is 2.27 bits per heavy atom. The summed E-state index contributed by atoms with van der Waals surface area (Å²) >= 11 is 0. The van der Waals surface area contributed by atoms with E-state index in [-0.39, 0.29) is 5.60 Å². The molecule has 0 saturated heterocycles. The second-order valence-electron chi connectivity index (χ2n) is 3.53. The van der Waals surface area contributed by atoms with Crippen molar-refractivity contribution in [2.75, 3.05) is 7.11 Å². The van der Waals surface area contributed by atoms with Crippen LogP contribution in [-0.2, 0) is 4.74 Å². The van der Waals surface area contributed by atoms with E-state index in [0.717, 1.165) is 6.42 Å². The van der Waals surface area contributed by atoms with Gasteiger partial charge in [0.2, 0.25) is 0 Å². The van der Waals surface area contributed by atoms with Crippen molar-refractivity contribution in [3.8, 4) is 0 Å². The monoisotopic (exact) mass is 146 g/mol. The van der Waals surface area contributed by atoms with Crippen molar-refractivity contribution in [3.63, 3.8) is 0 Å². The predicted octanol–water partition coefficient (Wildman–Crippen LogP) is 1.97. The fourth-order valence-corrected chi connectivity index (χ4v) is 2.29. The molecule has 1 saturated carbocycles. The number of fused-ring (bicyclic) bond motifs is 3. The quantitative estimate of drug-likeness (QED) is 0.549. The van der Waals surface area contributed by atoms with Crippen molar-refractivity contribution in [1.82, 2.24) is 0 Å². The van der Waals surface area contributed by atoms with Gasteiger partial charge in [0, 0.05) is 13.5 Å². The fourth-order valence-electron chi connectivity index (χ4n) is 2.29. The highest BCUT2D eigenvalue weighted by Gasteiger charge is 2.58. The van der Waals surface area contributed by atoms with Gasteiger partial charge in [0.1, 0.15) is 5.60 Å². The third-order valence-electron chi connectivity index (χ3n) is 3.02. The molecule has 0 heterocycles. The number of hydrogen-bond donors (Lipinski definition) is 0. The molecular weight excluding hydrogens is 136 g/mol. The van der Waals surface area contributed by atoms with Crippen molar-refractivity contribution < 1.29 is 4.74 Å². The molecule has 0 aromatic heterocycles. The van der Waals surface area contributed by atoms with Crippen molar-refractivity contribution in [2.45, 2.75) is 18.9 Å². The van der Waals surface area contributed by atoms with Crippen molar-refractivity contribution in [2.24, 2.45) is 0 Å². The molecule has 0 aliphatic heterocycles. The normalized spacial score (nSPS) is 37.3. The summed E-state index contributed by atoms with van der Waals surface area (Å²) in [6, 6.07) is 0. The fraction of sp³-hybridized carbons (Fsp3) is 0.400. The highest BCUT2D eigenvalue weighted by molar-refractivity contribution is 5.74. The minimum Gasteiger partial charge on any atom is -0.369 e. The molecule has 0 radical (unpaired) electrons. The van der Waals surface area contributed by atoms with Crippen molar-refractivity contribution in [1.29, 1.82) is 0 Å². The molecule has 0 amide bonds. The Kier molecular flexibility index (Phi) is 0.720. The lowest BCUT2D eigenvalue weighted by atomic mass is 10.1. The molecule has 0 N–H and O–H groups in total. The molecule has 1 unspecified atom stereocenters. The van der Waals surface area contributed by atoms with Gasteiger partial charge in [0.25, 0.3) is 0 Å². The molecule has 0 aromatic rings. The van der Waals surface area contributed by atoms with Crippen LogP contribution >= 0.6 is 0 Å². The zero-order valence-electron chi connectivity index (χ0n) is 6.77. The van der Waals surface area contributed by atoms with E-state index in [1.807, 2.05) is 0 Å². The topological polar surface area (TPSA) is 9.23 Å². The van der Waals surface area contributed by atoms with Crippen LogP contribution in [0.5, 0.6) is 0 Å². The van der Waals surface area contributed by atoms with Gasteiger partial charge >= 0.3 is 0 Å². The Balaban J connectivity index is 2.19. The maximum absolute atomic E-state index is 5.48. The highest BCUT2D eigenvalue weighted by atomic mass is 16.5. The minimum absolute atomic E-state index is 0.0643. The van der Waals surface area contributed by atoms with Crippen LogP contribution in [0.15, 0.2) is 34.4 Å². The summed E-state index contributed by atoms with van der Waals surface area (Å²) in [4.78, 5) is 0. The van der Waals surface area contributed by atoms with E-state index in [4.69, 9.17) is 4.74 Å². The van der Waals surface area contributed by atoms with E-state index in [9.17, 15) is 0 Å². The summed E-state index contributed by atoms with van der Waals surface area (Å²) in [6.07, 6.45) is 5.64.